The van der Waals surface area contributed by atoms with Crippen LogP contribution in [0.15, 0.2) is 60.7 Å². The highest BCUT2D eigenvalue weighted by molar-refractivity contribution is 7.41. The van der Waals surface area contributed by atoms with Crippen molar-refractivity contribution in [1.82, 2.24) is 0 Å². The van der Waals surface area contributed by atoms with Gasteiger partial charge in [-0.1, -0.05) is 60.7 Å². The first-order valence-corrected chi connectivity index (χ1v) is 15.3. The van der Waals surface area contributed by atoms with Crippen LogP contribution in [0.2, 0.25) is 0 Å². The van der Waals surface area contributed by atoms with Crippen LogP contribution in [0, 0.1) is 0 Å². The highest BCUT2D eigenvalue weighted by Gasteiger charge is 2.60. The lowest BCUT2D eigenvalue weighted by molar-refractivity contribution is -0.306. The fourth-order valence-corrected chi connectivity index (χ4v) is 5.60. The monoisotopic (exact) mass is 664 g/mol. The standard InChI is InChI=1S/C31H37O14P/c1-20(32)38-19-27(42-22(3)34)29-28(43-23(4)35)26(41-21(2)33)16-31(44-29,30(36)37-5)45-46(39-17-24-12-8-6-9-13-24)40-18-25-14-10-7-11-15-25/h6-15,26-29H,16-19H2,1-5H3/t26?,27-,28?,29?,31?/m1/s1. The van der Waals surface area contributed by atoms with Crippen LogP contribution in [0.1, 0.15) is 45.2 Å². The van der Waals surface area contributed by atoms with E-state index in [1.54, 1.807) is 0 Å². The maximum absolute atomic E-state index is 13.6. The van der Waals surface area contributed by atoms with Crippen molar-refractivity contribution in [2.45, 2.75) is 77.5 Å². The molecule has 1 aliphatic rings. The molecule has 0 radical (unpaired) electrons. The highest BCUT2D eigenvalue weighted by Crippen LogP contribution is 2.50. The van der Waals surface area contributed by atoms with Crippen molar-refractivity contribution in [3.8, 4) is 0 Å². The van der Waals surface area contributed by atoms with Crippen LogP contribution in [0.25, 0.3) is 0 Å². The number of esters is 5. The van der Waals surface area contributed by atoms with E-state index in [0.29, 0.717) is 0 Å². The molecule has 0 amide bonds. The quantitative estimate of drug-likeness (QED) is 0.154. The van der Waals surface area contributed by atoms with Gasteiger partial charge in [-0.3, -0.25) is 23.7 Å². The summed E-state index contributed by atoms with van der Waals surface area (Å²) in [6.45, 7) is 3.86. The molecule has 0 bridgehead atoms. The molecule has 46 heavy (non-hydrogen) atoms. The third-order valence-electron chi connectivity index (χ3n) is 6.32. The third-order valence-corrected chi connectivity index (χ3v) is 7.44. The molecule has 2 aromatic rings. The molecular weight excluding hydrogens is 627 g/mol. The Labute approximate surface area is 267 Å². The van der Waals surface area contributed by atoms with Crippen LogP contribution in [-0.2, 0) is 79.2 Å². The summed E-state index contributed by atoms with van der Waals surface area (Å²) in [5, 5.41) is 0. The molecule has 0 spiro atoms. The van der Waals surface area contributed by atoms with Crippen molar-refractivity contribution < 1.29 is 66.0 Å². The lowest BCUT2D eigenvalue weighted by Gasteiger charge is -2.47. The fraction of sp³-hybridized carbons (Fsp3) is 0.452. The van der Waals surface area contributed by atoms with E-state index in [9.17, 15) is 24.0 Å². The van der Waals surface area contributed by atoms with Gasteiger partial charge in [0.2, 0.25) is 0 Å². The van der Waals surface area contributed by atoms with E-state index in [1.165, 1.54) is 0 Å². The third kappa shape index (κ3) is 11.1. The molecule has 1 aliphatic heterocycles. The molecule has 0 N–H and O–H groups in total. The molecule has 3 rings (SSSR count). The van der Waals surface area contributed by atoms with Gasteiger partial charge in [-0.15, -0.1) is 0 Å². The van der Waals surface area contributed by atoms with E-state index in [1.807, 2.05) is 60.7 Å². The Morgan fingerprint density at radius 2 is 1.35 bits per heavy atom. The smallest absolute Gasteiger partial charge is 0.367 e. The summed E-state index contributed by atoms with van der Waals surface area (Å²) in [6.07, 6.45) is -6.49. The summed E-state index contributed by atoms with van der Waals surface area (Å²) in [6, 6.07) is 18.2. The Morgan fingerprint density at radius 3 is 1.80 bits per heavy atom. The Balaban J connectivity index is 2.07. The van der Waals surface area contributed by atoms with Crippen molar-refractivity contribution in [3.63, 3.8) is 0 Å². The number of benzene rings is 2. The predicted molar refractivity (Wildman–Crippen MR) is 158 cm³/mol. The van der Waals surface area contributed by atoms with Gasteiger partial charge in [0.25, 0.3) is 5.79 Å². The minimum Gasteiger partial charge on any atom is -0.465 e. The van der Waals surface area contributed by atoms with Crippen LogP contribution >= 0.6 is 8.60 Å². The van der Waals surface area contributed by atoms with Crippen molar-refractivity contribution >= 4 is 38.4 Å². The molecule has 5 atom stereocenters. The van der Waals surface area contributed by atoms with Crippen molar-refractivity contribution in [2.75, 3.05) is 13.7 Å². The Kier molecular flexibility index (Phi) is 14.0. The van der Waals surface area contributed by atoms with E-state index in [2.05, 4.69) is 0 Å². The molecule has 14 nitrogen and oxygen atoms in total. The normalized spacial score (nSPS) is 21.5. The van der Waals surface area contributed by atoms with Crippen LogP contribution in [0.5, 0.6) is 0 Å². The van der Waals surface area contributed by atoms with E-state index in [4.69, 9.17) is 42.0 Å². The summed E-state index contributed by atoms with van der Waals surface area (Å²) in [5.41, 5.74) is 1.53. The van der Waals surface area contributed by atoms with Crippen molar-refractivity contribution in [1.29, 1.82) is 0 Å². The van der Waals surface area contributed by atoms with Gasteiger partial charge in [-0.25, -0.2) is 4.79 Å². The molecule has 0 aromatic heterocycles. The lowest BCUT2D eigenvalue weighted by Crippen LogP contribution is -2.64. The molecule has 1 fully saturated rings. The number of ether oxygens (including phenoxy) is 6. The zero-order chi connectivity index (χ0) is 33.7. The molecule has 15 heteroatoms. The van der Waals surface area contributed by atoms with Crippen molar-refractivity contribution in [3.05, 3.63) is 71.8 Å². The Morgan fingerprint density at radius 1 is 0.804 bits per heavy atom. The second-order valence-corrected chi connectivity index (χ2v) is 11.2. The maximum Gasteiger partial charge on any atom is 0.367 e. The predicted octanol–water partition coefficient (Wildman–Crippen LogP) is 3.68. The van der Waals surface area contributed by atoms with Gasteiger partial charge < -0.3 is 37.5 Å². The minimum absolute atomic E-state index is 0.00792. The number of methoxy groups -OCH3 is 1. The Bertz CT molecular complexity index is 1280. The molecule has 1 heterocycles. The number of rotatable bonds is 15. The molecule has 4 unspecified atom stereocenters. The summed E-state index contributed by atoms with van der Waals surface area (Å²) in [4.78, 5) is 61.8. The zero-order valence-corrected chi connectivity index (χ0v) is 27.0. The number of carbonyl (C=O) groups is 5. The topological polar surface area (TPSA) is 168 Å². The van der Waals surface area contributed by atoms with Gasteiger partial charge in [0.15, 0.2) is 12.2 Å². The first-order chi connectivity index (χ1) is 21.9. The molecule has 250 valence electrons. The number of carbonyl (C=O) groups excluding carboxylic acids is 5. The minimum atomic E-state index is -2.43. The average Bonchev–Trinajstić information content (AvgIpc) is 3.01. The molecular formula is C31H37O14P. The fourth-order valence-electron chi connectivity index (χ4n) is 4.48. The number of hydrogen-bond acceptors (Lipinski definition) is 14. The second-order valence-electron chi connectivity index (χ2n) is 10.0. The molecule has 1 saturated heterocycles. The molecule has 0 aliphatic carbocycles. The van der Waals surface area contributed by atoms with Crippen LogP contribution in [-0.4, -0.2) is 73.8 Å². The van der Waals surface area contributed by atoms with E-state index < -0.39 is 81.7 Å². The first kappa shape index (κ1) is 36.5. The van der Waals surface area contributed by atoms with Gasteiger partial charge in [0.05, 0.1) is 26.7 Å². The zero-order valence-electron chi connectivity index (χ0n) is 26.1. The van der Waals surface area contributed by atoms with Crippen molar-refractivity contribution in [2.24, 2.45) is 0 Å². The summed E-state index contributed by atoms with van der Waals surface area (Å²) in [5.74, 6) is -6.67. The average molecular weight is 665 g/mol. The van der Waals surface area contributed by atoms with Gasteiger partial charge in [-0.05, 0) is 11.1 Å². The van der Waals surface area contributed by atoms with Crippen LogP contribution < -0.4 is 0 Å². The lowest BCUT2D eigenvalue weighted by atomic mass is 9.92. The van der Waals surface area contributed by atoms with Crippen LogP contribution in [0.4, 0.5) is 0 Å². The van der Waals surface area contributed by atoms with E-state index in [0.717, 1.165) is 45.9 Å². The highest BCUT2D eigenvalue weighted by atomic mass is 31.2. The van der Waals surface area contributed by atoms with E-state index >= 15 is 0 Å². The Hall–Kier alpha value is -3.94. The van der Waals surface area contributed by atoms with Crippen LogP contribution in [0.3, 0.4) is 0 Å². The number of hydrogen-bond donors (Lipinski definition) is 0. The van der Waals surface area contributed by atoms with Gasteiger partial charge >= 0.3 is 38.4 Å². The second kappa shape index (κ2) is 17.7. The van der Waals surface area contributed by atoms with Gasteiger partial charge in [0, 0.05) is 27.7 Å². The maximum atomic E-state index is 13.6. The summed E-state index contributed by atoms with van der Waals surface area (Å²) >= 11 is 0. The van der Waals surface area contributed by atoms with E-state index in [-0.39, 0.29) is 13.2 Å². The molecule has 2 aromatic carbocycles. The SMILES string of the molecule is COC(=O)C1(OP(OCc2ccccc2)OCc2ccccc2)CC(OC(C)=O)C(OC(C)=O)C([C@@H](COC(C)=O)OC(C)=O)O1. The molecule has 0 saturated carbocycles. The van der Waals surface area contributed by atoms with Gasteiger partial charge in [-0.2, -0.15) is 0 Å². The summed E-state index contributed by atoms with van der Waals surface area (Å²) < 4.78 is 50.9. The van der Waals surface area contributed by atoms with Gasteiger partial charge in [0.1, 0.15) is 18.8 Å². The summed E-state index contributed by atoms with van der Waals surface area (Å²) in [7, 11) is -1.35. The largest absolute Gasteiger partial charge is 0.465 e. The first-order valence-electron chi connectivity index (χ1n) is 14.2.